The lowest BCUT2D eigenvalue weighted by atomic mass is 9.92. The van der Waals surface area contributed by atoms with Crippen LogP contribution < -0.4 is 5.32 Å². The van der Waals surface area contributed by atoms with Gasteiger partial charge in [-0.3, -0.25) is 4.79 Å². The van der Waals surface area contributed by atoms with Crippen molar-refractivity contribution in [3.8, 4) is 0 Å². The second kappa shape index (κ2) is 5.48. The van der Waals surface area contributed by atoms with Crippen molar-refractivity contribution in [1.29, 1.82) is 0 Å². The smallest absolute Gasteiger partial charge is 0.225 e. The Morgan fingerprint density at radius 2 is 2.00 bits per heavy atom. The molecule has 2 rings (SSSR count). The highest BCUT2D eigenvalue weighted by atomic mass is 16.2. The van der Waals surface area contributed by atoms with E-state index in [2.05, 4.69) is 17.5 Å². The van der Waals surface area contributed by atoms with Crippen molar-refractivity contribution < 1.29 is 4.79 Å². The van der Waals surface area contributed by atoms with E-state index < -0.39 is 0 Å². The molecule has 0 saturated carbocycles. The standard InChI is InChI=1S/C13H22N2O/c1-15(12-7-9-14-10-8-12)13(16)11-5-3-2-4-6-11/h2-3,11-12,14H,4-10H2,1H3. The summed E-state index contributed by atoms with van der Waals surface area (Å²) >= 11 is 0. The zero-order valence-electron chi connectivity index (χ0n) is 10.1. The minimum absolute atomic E-state index is 0.241. The lowest BCUT2D eigenvalue weighted by Gasteiger charge is -2.34. The first-order valence-corrected chi connectivity index (χ1v) is 6.41. The molecular formula is C13H22N2O. The zero-order chi connectivity index (χ0) is 11.4. The molecule has 1 N–H and O–H groups in total. The molecular weight excluding hydrogens is 200 g/mol. The van der Waals surface area contributed by atoms with Crippen molar-refractivity contribution in [3.05, 3.63) is 12.2 Å². The summed E-state index contributed by atoms with van der Waals surface area (Å²) in [6.45, 7) is 2.10. The van der Waals surface area contributed by atoms with Gasteiger partial charge in [-0.1, -0.05) is 12.2 Å². The number of hydrogen-bond donors (Lipinski definition) is 1. The summed E-state index contributed by atoms with van der Waals surface area (Å²) in [6.07, 6.45) is 9.58. The summed E-state index contributed by atoms with van der Waals surface area (Å²) in [5, 5.41) is 3.34. The molecule has 1 aliphatic carbocycles. The predicted octanol–water partition coefficient (Wildman–Crippen LogP) is 1.55. The van der Waals surface area contributed by atoms with E-state index in [4.69, 9.17) is 0 Å². The monoisotopic (exact) mass is 222 g/mol. The molecule has 1 saturated heterocycles. The number of piperidine rings is 1. The van der Waals surface area contributed by atoms with Crippen LogP contribution in [0.25, 0.3) is 0 Å². The first-order chi connectivity index (χ1) is 7.79. The van der Waals surface area contributed by atoms with E-state index >= 15 is 0 Å². The van der Waals surface area contributed by atoms with Gasteiger partial charge in [-0.2, -0.15) is 0 Å². The zero-order valence-corrected chi connectivity index (χ0v) is 10.1. The second-order valence-corrected chi connectivity index (χ2v) is 4.91. The predicted molar refractivity (Wildman–Crippen MR) is 65.1 cm³/mol. The van der Waals surface area contributed by atoms with Gasteiger partial charge in [0.1, 0.15) is 0 Å². The van der Waals surface area contributed by atoms with Crippen molar-refractivity contribution in [3.63, 3.8) is 0 Å². The third kappa shape index (κ3) is 2.64. The molecule has 16 heavy (non-hydrogen) atoms. The van der Waals surface area contributed by atoms with Crippen molar-refractivity contribution >= 4 is 5.91 Å². The average molecular weight is 222 g/mol. The molecule has 1 aliphatic heterocycles. The fraction of sp³-hybridized carbons (Fsp3) is 0.769. The molecule has 1 heterocycles. The van der Waals surface area contributed by atoms with Gasteiger partial charge in [-0.25, -0.2) is 0 Å². The molecule has 3 nitrogen and oxygen atoms in total. The fourth-order valence-corrected chi connectivity index (χ4v) is 2.68. The van der Waals surface area contributed by atoms with Crippen molar-refractivity contribution in [1.82, 2.24) is 10.2 Å². The van der Waals surface area contributed by atoms with E-state index in [-0.39, 0.29) is 5.92 Å². The Kier molecular flexibility index (Phi) is 3.99. The summed E-state index contributed by atoms with van der Waals surface area (Å²) in [7, 11) is 1.98. The molecule has 1 fully saturated rings. The maximum absolute atomic E-state index is 12.3. The van der Waals surface area contributed by atoms with Gasteiger partial charge in [0.15, 0.2) is 0 Å². The van der Waals surface area contributed by atoms with Crippen LogP contribution in [0.5, 0.6) is 0 Å². The van der Waals surface area contributed by atoms with E-state index in [1.165, 1.54) is 0 Å². The van der Waals surface area contributed by atoms with Crippen LogP contribution in [0.4, 0.5) is 0 Å². The van der Waals surface area contributed by atoms with Crippen LogP contribution in [0.2, 0.25) is 0 Å². The molecule has 2 aliphatic rings. The molecule has 0 aromatic carbocycles. The van der Waals surface area contributed by atoms with Crippen molar-refractivity contribution in [2.45, 2.75) is 38.1 Å². The molecule has 0 bridgehead atoms. The van der Waals surface area contributed by atoms with Gasteiger partial charge in [0.25, 0.3) is 0 Å². The SMILES string of the molecule is CN(C(=O)C1CC=CCC1)C1CCNCC1. The topological polar surface area (TPSA) is 32.3 Å². The molecule has 1 unspecified atom stereocenters. The minimum atomic E-state index is 0.241. The van der Waals surface area contributed by atoms with Crippen LogP contribution in [-0.2, 0) is 4.79 Å². The van der Waals surface area contributed by atoms with Gasteiger partial charge in [-0.15, -0.1) is 0 Å². The number of carbonyl (C=O) groups is 1. The third-order valence-corrected chi connectivity index (χ3v) is 3.82. The Morgan fingerprint density at radius 3 is 2.62 bits per heavy atom. The van der Waals surface area contributed by atoms with E-state index in [1.807, 2.05) is 11.9 Å². The van der Waals surface area contributed by atoms with Gasteiger partial charge in [-0.05, 0) is 45.2 Å². The summed E-state index contributed by atoms with van der Waals surface area (Å²) in [5.41, 5.74) is 0. The quantitative estimate of drug-likeness (QED) is 0.719. The number of nitrogens with one attached hydrogen (secondary N) is 1. The first kappa shape index (κ1) is 11.6. The molecule has 0 radical (unpaired) electrons. The van der Waals surface area contributed by atoms with Gasteiger partial charge in [0, 0.05) is 19.0 Å². The Balaban J connectivity index is 1.89. The van der Waals surface area contributed by atoms with Gasteiger partial charge < -0.3 is 10.2 Å². The average Bonchev–Trinajstić information content (AvgIpc) is 2.39. The summed E-state index contributed by atoms with van der Waals surface area (Å²) in [5.74, 6) is 0.598. The first-order valence-electron chi connectivity index (χ1n) is 6.41. The van der Waals surface area contributed by atoms with Crippen LogP contribution in [0.3, 0.4) is 0 Å². The molecule has 0 aromatic heterocycles. The maximum atomic E-state index is 12.3. The molecule has 3 heteroatoms. The molecule has 1 atom stereocenters. The molecule has 0 aromatic rings. The van der Waals surface area contributed by atoms with Crippen molar-refractivity contribution in [2.75, 3.05) is 20.1 Å². The van der Waals surface area contributed by atoms with Crippen LogP contribution in [0.15, 0.2) is 12.2 Å². The van der Waals surface area contributed by atoms with Crippen LogP contribution in [0.1, 0.15) is 32.1 Å². The van der Waals surface area contributed by atoms with Crippen LogP contribution >= 0.6 is 0 Å². The van der Waals surface area contributed by atoms with Crippen LogP contribution in [0, 0.1) is 5.92 Å². The fourth-order valence-electron chi connectivity index (χ4n) is 2.68. The highest BCUT2D eigenvalue weighted by Crippen LogP contribution is 2.22. The van der Waals surface area contributed by atoms with Crippen LogP contribution in [-0.4, -0.2) is 37.0 Å². The number of nitrogens with zero attached hydrogens (tertiary/aromatic N) is 1. The Bertz CT molecular complexity index is 269. The largest absolute Gasteiger partial charge is 0.342 e. The van der Waals surface area contributed by atoms with Gasteiger partial charge >= 0.3 is 0 Å². The van der Waals surface area contributed by atoms with E-state index in [0.717, 1.165) is 45.2 Å². The summed E-state index contributed by atoms with van der Waals surface area (Å²) < 4.78 is 0. The Labute approximate surface area is 97.9 Å². The Morgan fingerprint density at radius 1 is 1.25 bits per heavy atom. The lowest BCUT2D eigenvalue weighted by molar-refractivity contribution is -0.137. The normalized spacial score (nSPS) is 26.7. The Hall–Kier alpha value is -0.830. The number of rotatable bonds is 2. The molecule has 90 valence electrons. The summed E-state index contributed by atoms with van der Waals surface area (Å²) in [4.78, 5) is 14.3. The number of allylic oxidation sites excluding steroid dienone is 2. The van der Waals surface area contributed by atoms with E-state index in [0.29, 0.717) is 11.9 Å². The second-order valence-electron chi connectivity index (χ2n) is 4.91. The lowest BCUT2D eigenvalue weighted by Crippen LogP contribution is -2.46. The van der Waals surface area contributed by atoms with E-state index in [9.17, 15) is 4.79 Å². The van der Waals surface area contributed by atoms with E-state index in [1.54, 1.807) is 0 Å². The summed E-state index contributed by atoms with van der Waals surface area (Å²) in [6, 6.07) is 0.458. The molecule has 1 amide bonds. The van der Waals surface area contributed by atoms with Gasteiger partial charge in [0.05, 0.1) is 0 Å². The maximum Gasteiger partial charge on any atom is 0.225 e. The van der Waals surface area contributed by atoms with Crippen molar-refractivity contribution in [2.24, 2.45) is 5.92 Å². The number of hydrogen-bond acceptors (Lipinski definition) is 2. The highest BCUT2D eigenvalue weighted by Gasteiger charge is 2.27. The number of carbonyl (C=O) groups excluding carboxylic acids is 1. The molecule has 0 spiro atoms. The van der Waals surface area contributed by atoms with Gasteiger partial charge in [0.2, 0.25) is 5.91 Å². The minimum Gasteiger partial charge on any atom is -0.342 e. The highest BCUT2D eigenvalue weighted by molar-refractivity contribution is 5.79. The number of amides is 1. The third-order valence-electron chi connectivity index (χ3n) is 3.82.